The summed E-state index contributed by atoms with van der Waals surface area (Å²) in [4.78, 5) is 0. The van der Waals surface area contributed by atoms with Crippen molar-refractivity contribution in [3.63, 3.8) is 0 Å². The summed E-state index contributed by atoms with van der Waals surface area (Å²) in [7, 11) is 0. The molecule has 0 amide bonds. The fourth-order valence-corrected chi connectivity index (χ4v) is 7.45. The average molecular weight is 539 g/mol. The van der Waals surface area contributed by atoms with Gasteiger partial charge in [0.25, 0.3) is 0 Å². The largest absolute Gasteiger partial charge is 0.378 e. The highest BCUT2D eigenvalue weighted by Crippen LogP contribution is 2.36. The molecule has 0 aromatic heterocycles. The lowest BCUT2D eigenvalue weighted by molar-refractivity contribution is 0.0204. The molecule has 0 bridgehead atoms. The van der Waals surface area contributed by atoms with Crippen LogP contribution < -0.4 is 0 Å². The van der Waals surface area contributed by atoms with Gasteiger partial charge in [-0.3, -0.25) is 0 Å². The Bertz CT molecular complexity index is 677. The maximum absolute atomic E-state index is 6.38. The van der Waals surface area contributed by atoms with E-state index in [0.717, 1.165) is 24.4 Å². The van der Waals surface area contributed by atoms with Gasteiger partial charge in [-0.25, -0.2) is 0 Å². The van der Waals surface area contributed by atoms with Crippen molar-refractivity contribution in [2.75, 3.05) is 6.61 Å². The number of hydrogen-bond acceptors (Lipinski definition) is 1. The Labute approximate surface area is 244 Å². The monoisotopic (exact) mass is 539 g/mol. The second-order valence-corrected chi connectivity index (χ2v) is 13.5. The molecule has 39 heavy (non-hydrogen) atoms. The molecule has 224 valence electrons. The molecule has 1 nitrogen and oxygen atoms in total. The fraction of sp³-hybridized carbons (Fsp3) is 0.842. The van der Waals surface area contributed by atoms with E-state index in [9.17, 15) is 0 Å². The van der Waals surface area contributed by atoms with E-state index < -0.39 is 0 Å². The first-order valence-electron chi connectivity index (χ1n) is 18.0. The molecule has 0 heterocycles. The summed E-state index contributed by atoms with van der Waals surface area (Å²) >= 11 is 0. The van der Waals surface area contributed by atoms with Gasteiger partial charge in [0.05, 0.1) is 6.10 Å². The SMILES string of the molecule is CCCCCCCCCCC1CCC(CCCOC2CCC(c3ccc(CCCCCCC)cc3)CC2)CC1. The van der Waals surface area contributed by atoms with E-state index in [2.05, 4.69) is 38.1 Å². The minimum absolute atomic E-state index is 0.519. The molecule has 3 rings (SSSR count). The summed E-state index contributed by atoms with van der Waals surface area (Å²) in [5.74, 6) is 2.78. The van der Waals surface area contributed by atoms with Crippen molar-refractivity contribution in [2.24, 2.45) is 11.8 Å². The molecule has 2 saturated carbocycles. The maximum atomic E-state index is 6.38. The Balaban J connectivity index is 1.15. The smallest absolute Gasteiger partial charge is 0.0575 e. The molecule has 2 aliphatic rings. The molecule has 1 aromatic rings. The van der Waals surface area contributed by atoms with Crippen LogP contribution in [0.2, 0.25) is 0 Å². The van der Waals surface area contributed by atoms with Crippen LogP contribution in [-0.4, -0.2) is 12.7 Å². The highest BCUT2D eigenvalue weighted by atomic mass is 16.5. The van der Waals surface area contributed by atoms with Crippen molar-refractivity contribution < 1.29 is 4.74 Å². The average Bonchev–Trinajstić information content (AvgIpc) is 2.98. The van der Waals surface area contributed by atoms with E-state index in [1.54, 1.807) is 5.56 Å². The third kappa shape index (κ3) is 14.1. The van der Waals surface area contributed by atoms with Gasteiger partial charge in [0, 0.05) is 6.61 Å². The molecule has 0 spiro atoms. The van der Waals surface area contributed by atoms with Crippen molar-refractivity contribution in [3.8, 4) is 0 Å². The molecule has 0 saturated heterocycles. The van der Waals surface area contributed by atoms with E-state index in [0.29, 0.717) is 6.10 Å². The number of aryl methyl sites for hydroxylation is 1. The number of rotatable bonds is 21. The molecule has 0 atom stereocenters. The molecular weight excluding hydrogens is 472 g/mol. The first-order valence-corrected chi connectivity index (χ1v) is 18.0. The van der Waals surface area contributed by atoms with E-state index in [1.807, 2.05) is 0 Å². The van der Waals surface area contributed by atoms with Gasteiger partial charge < -0.3 is 4.74 Å². The van der Waals surface area contributed by atoms with Crippen LogP contribution in [0.1, 0.15) is 185 Å². The molecule has 2 aliphatic carbocycles. The predicted octanol–water partition coefficient (Wildman–Crippen LogP) is 12.4. The van der Waals surface area contributed by atoms with Gasteiger partial charge in [0.2, 0.25) is 0 Å². The first kappa shape index (κ1) is 32.7. The highest BCUT2D eigenvalue weighted by molar-refractivity contribution is 5.26. The van der Waals surface area contributed by atoms with Crippen molar-refractivity contribution in [1.82, 2.24) is 0 Å². The van der Waals surface area contributed by atoms with Gasteiger partial charge in [0.15, 0.2) is 0 Å². The Morgan fingerprint density at radius 3 is 1.64 bits per heavy atom. The Kier molecular flexibility index (Phi) is 17.6. The third-order valence-electron chi connectivity index (χ3n) is 10.2. The second-order valence-electron chi connectivity index (χ2n) is 13.5. The van der Waals surface area contributed by atoms with Crippen LogP contribution in [-0.2, 0) is 11.2 Å². The van der Waals surface area contributed by atoms with Gasteiger partial charge in [-0.05, 0) is 80.2 Å². The zero-order chi connectivity index (χ0) is 27.4. The van der Waals surface area contributed by atoms with E-state index in [4.69, 9.17) is 4.74 Å². The third-order valence-corrected chi connectivity index (χ3v) is 10.2. The summed E-state index contributed by atoms with van der Waals surface area (Å²) < 4.78 is 6.38. The van der Waals surface area contributed by atoms with Crippen LogP contribution in [0.4, 0.5) is 0 Å². The Hall–Kier alpha value is -0.820. The Morgan fingerprint density at radius 2 is 1.05 bits per heavy atom. The molecular formula is C38H66O. The topological polar surface area (TPSA) is 9.23 Å². The molecule has 1 heteroatoms. The minimum Gasteiger partial charge on any atom is -0.378 e. The summed E-state index contributed by atoms with van der Waals surface area (Å²) in [6, 6.07) is 9.67. The van der Waals surface area contributed by atoms with Crippen LogP contribution in [0, 0.1) is 11.8 Å². The highest BCUT2D eigenvalue weighted by Gasteiger charge is 2.24. The van der Waals surface area contributed by atoms with Crippen molar-refractivity contribution >= 4 is 0 Å². The zero-order valence-corrected chi connectivity index (χ0v) is 26.4. The van der Waals surface area contributed by atoms with Gasteiger partial charge in [-0.2, -0.15) is 0 Å². The van der Waals surface area contributed by atoms with E-state index >= 15 is 0 Å². The molecule has 0 aliphatic heterocycles. The minimum atomic E-state index is 0.519. The number of hydrogen-bond donors (Lipinski definition) is 0. The first-order chi connectivity index (χ1) is 19.3. The predicted molar refractivity (Wildman–Crippen MR) is 172 cm³/mol. The molecule has 0 unspecified atom stereocenters. The van der Waals surface area contributed by atoms with Gasteiger partial charge in [0.1, 0.15) is 0 Å². The van der Waals surface area contributed by atoms with Crippen LogP contribution in [0.5, 0.6) is 0 Å². The molecule has 1 aromatic carbocycles. The lowest BCUT2D eigenvalue weighted by Gasteiger charge is -2.30. The molecule has 2 fully saturated rings. The van der Waals surface area contributed by atoms with E-state index in [-0.39, 0.29) is 0 Å². The second kappa shape index (κ2) is 21.0. The van der Waals surface area contributed by atoms with Crippen molar-refractivity contribution in [2.45, 2.75) is 186 Å². The zero-order valence-electron chi connectivity index (χ0n) is 26.4. The number of benzene rings is 1. The normalized spacial score (nSPS) is 23.7. The standard InChI is InChI=1S/C38H66O/c1-3-5-7-9-10-11-13-15-17-33-20-22-35(23-21-33)19-16-32-39-38-30-28-37(29-31-38)36-26-24-34(25-27-36)18-14-12-8-6-4-2/h24-27,33,35,37-38H,3-23,28-32H2,1-2H3. The van der Waals surface area contributed by atoms with Crippen LogP contribution in [0.15, 0.2) is 24.3 Å². The van der Waals surface area contributed by atoms with Crippen LogP contribution >= 0.6 is 0 Å². The van der Waals surface area contributed by atoms with Crippen LogP contribution in [0.25, 0.3) is 0 Å². The Morgan fingerprint density at radius 1 is 0.538 bits per heavy atom. The van der Waals surface area contributed by atoms with Crippen molar-refractivity contribution in [1.29, 1.82) is 0 Å². The van der Waals surface area contributed by atoms with Crippen molar-refractivity contribution in [3.05, 3.63) is 35.4 Å². The lowest BCUT2D eigenvalue weighted by Crippen LogP contribution is -2.21. The van der Waals surface area contributed by atoms with Crippen LogP contribution in [0.3, 0.4) is 0 Å². The summed E-state index contributed by atoms with van der Waals surface area (Å²) in [5, 5.41) is 0. The summed E-state index contributed by atoms with van der Waals surface area (Å²) in [5.41, 5.74) is 3.10. The van der Waals surface area contributed by atoms with E-state index in [1.165, 1.54) is 166 Å². The summed E-state index contributed by atoms with van der Waals surface area (Å²) in [6.45, 7) is 5.61. The lowest BCUT2D eigenvalue weighted by atomic mass is 9.78. The van der Waals surface area contributed by atoms with Gasteiger partial charge >= 0.3 is 0 Å². The fourth-order valence-electron chi connectivity index (χ4n) is 7.45. The summed E-state index contributed by atoms with van der Waals surface area (Å²) in [6.07, 6.45) is 35.6. The number of unbranched alkanes of at least 4 members (excludes halogenated alkanes) is 11. The maximum Gasteiger partial charge on any atom is 0.0575 e. The quantitative estimate of drug-likeness (QED) is 0.141. The van der Waals surface area contributed by atoms with Gasteiger partial charge in [-0.15, -0.1) is 0 Å². The molecule has 0 radical (unpaired) electrons. The van der Waals surface area contributed by atoms with Gasteiger partial charge in [-0.1, -0.05) is 147 Å². The number of ether oxygens (including phenoxy) is 1. The molecule has 0 N–H and O–H groups in total.